The molecule has 1 spiro atoms. The van der Waals surface area contributed by atoms with Gasteiger partial charge in [-0.25, -0.2) is 0 Å². The van der Waals surface area contributed by atoms with Crippen LogP contribution in [0.25, 0.3) is 0 Å². The molecule has 2 amide bonds. The Morgan fingerprint density at radius 2 is 1.56 bits per heavy atom. The molecule has 1 N–H and O–H groups in total. The van der Waals surface area contributed by atoms with Gasteiger partial charge in [0.2, 0.25) is 11.8 Å². The summed E-state index contributed by atoms with van der Waals surface area (Å²) in [5, 5.41) is 2.36. The molecular formula is C12H19NO3. The van der Waals surface area contributed by atoms with E-state index in [0.29, 0.717) is 12.8 Å². The zero-order valence-electron chi connectivity index (χ0n) is 10.3. The van der Waals surface area contributed by atoms with E-state index in [1.54, 1.807) is 0 Å². The summed E-state index contributed by atoms with van der Waals surface area (Å²) >= 11 is 0. The monoisotopic (exact) mass is 225 g/mol. The molecule has 2 saturated heterocycles. The molecule has 0 atom stereocenters. The number of carbonyl (C=O) groups excluding carboxylic acids is 2. The van der Waals surface area contributed by atoms with E-state index in [1.807, 2.05) is 27.7 Å². The largest absolute Gasteiger partial charge is 0.369 e. The molecule has 2 fully saturated rings. The molecule has 0 radical (unpaired) electrons. The van der Waals surface area contributed by atoms with E-state index in [-0.39, 0.29) is 22.8 Å². The van der Waals surface area contributed by atoms with Gasteiger partial charge in [0.15, 0.2) is 0 Å². The summed E-state index contributed by atoms with van der Waals surface area (Å²) in [6.07, 6.45) is 1.52. The summed E-state index contributed by atoms with van der Waals surface area (Å²) in [4.78, 5) is 23.1. The van der Waals surface area contributed by atoms with Crippen molar-refractivity contribution in [3.63, 3.8) is 0 Å². The van der Waals surface area contributed by atoms with E-state index < -0.39 is 5.60 Å². The number of carbonyl (C=O) groups is 2. The minimum atomic E-state index is -0.427. The zero-order chi connectivity index (χ0) is 12.2. The summed E-state index contributed by atoms with van der Waals surface area (Å²) in [7, 11) is 0. The molecule has 0 aromatic rings. The lowest BCUT2D eigenvalue weighted by atomic mass is 9.65. The van der Waals surface area contributed by atoms with E-state index in [2.05, 4.69) is 5.32 Å². The topological polar surface area (TPSA) is 55.4 Å². The van der Waals surface area contributed by atoms with Crippen molar-refractivity contribution in [2.75, 3.05) is 0 Å². The molecule has 0 aliphatic carbocycles. The van der Waals surface area contributed by atoms with Crippen molar-refractivity contribution in [3.8, 4) is 0 Å². The molecule has 0 aromatic carbocycles. The first kappa shape index (κ1) is 11.6. The van der Waals surface area contributed by atoms with Gasteiger partial charge < -0.3 is 4.74 Å². The van der Waals surface area contributed by atoms with Gasteiger partial charge in [0.25, 0.3) is 0 Å². The van der Waals surface area contributed by atoms with Crippen LogP contribution in [-0.2, 0) is 14.3 Å². The average molecular weight is 225 g/mol. The maximum absolute atomic E-state index is 11.5. The van der Waals surface area contributed by atoms with Gasteiger partial charge in [0, 0.05) is 18.3 Å². The maximum atomic E-state index is 11.5. The summed E-state index contributed by atoms with van der Waals surface area (Å²) in [5.41, 5.74) is -1.03. The van der Waals surface area contributed by atoms with Gasteiger partial charge in [-0.3, -0.25) is 14.9 Å². The molecular weight excluding hydrogens is 206 g/mol. The molecule has 2 heterocycles. The molecule has 2 aliphatic rings. The first-order chi connectivity index (χ1) is 7.16. The molecule has 2 aliphatic heterocycles. The highest BCUT2D eigenvalue weighted by Crippen LogP contribution is 2.55. The molecule has 4 nitrogen and oxygen atoms in total. The summed E-state index contributed by atoms with van der Waals surface area (Å²) < 4.78 is 5.99. The van der Waals surface area contributed by atoms with Crippen molar-refractivity contribution in [3.05, 3.63) is 0 Å². The van der Waals surface area contributed by atoms with Gasteiger partial charge in [-0.15, -0.1) is 0 Å². The lowest BCUT2D eigenvalue weighted by molar-refractivity contribution is -0.146. The Kier molecular flexibility index (Phi) is 2.22. The zero-order valence-corrected chi connectivity index (χ0v) is 10.3. The Morgan fingerprint density at radius 1 is 1.06 bits per heavy atom. The predicted octanol–water partition coefficient (Wildman–Crippen LogP) is 1.39. The first-order valence-electron chi connectivity index (χ1n) is 5.69. The van der Waals surface area contributed by atoms with Crippen LogP contribution in [0.5, 0.6) is 0 Å². The molecule has 0 saturated carbocycles. The van der Waals surface area contributed by atoms with E-state index >= 15 is 0 Å². The fraction of sp³-hybridized carbons (Fsp3) is 0.833. The highest BCUT2D eigenvalue weighted by atomic mass is 16.5. The number of amides is 2. The molecule has 0 bridgehead atoms. The minimum Gasteiger partial charge on any atom is -0.369 e. The van der Waals surface area contributed by atoms with Gasteiger partial charge in [-0.2, -0.15) is 0 Å². The van der Waals surface area contributed by atoms with Gasteiger partial charge in [0.1, 0.15) is 0 Å². The van der Waals surface area contributed by atoms with Crippen LogP contribution < -0.4 is 5.32 Å². The molecule has 16 heavy (non-hydrogen) atoms. The Morgan fingerprint density at radius 3 is 1.94 bits per heavy atom. The van der Waals surface area contributed by atoms with Crippen LogP contribution in [0.2, 0.25) is 0 Å². The fourth-order valence-electron chi connectivity index (χ4n) is 3.33. The average Bonchev–Trinajstić information content (AvgIpc) is 2.11. The van der Waals surface area contributed by atoms with Gasteiger partial charge in [-0.05, 0) is 34.1 Å². The Hall–Kier alpha value is -0.900. The number of hydrogen-bond acceptors (Lipinski definition) is 3. The smallest absolute Gasteiger partial charge is 0.227 e. The Labute approximate surface area is 95.7 Å². The molecule has 90 valence electrons. The van der Waals surface area contributed by atoms with Crippen LogP contribution in [0.15, 0.2) is 0 Å². The third-order valence-corrected chi connectivity index (χ3v) is 3.85. The first-order valence-corrected chi connectivity index (χ1v) is 5.69. The number of imide groups is 1. The predicted molar refractivity (Wildman–Crippen MR) is 58.7 cm³/mol. The summed E-state index contributed by atoms with van der Waals surface area (Å²) in [6, 6.07) is 0. The van der Waals surface area contributed by atoms with Crippen molar-refractivity contribution < 1.29 is 14.3 Å². The number of piperidine rings is 1. The summed E-state index contributed by atoms with van der Waals surface area (Å²) in [6.45, 7) is 7.99. The Balaban J connectivity index is 2.37. The summed E-state index contributed by atoms with van der Waals surface area (Å²) in [5.74, 6) is -0.351. The van der Waals surface area contributed by atoms with Gasteiger partial charge in [-0.1, -0.05) is 0 Å². The minimum absolute atomic E-state index is 0.175. The lowest BCUT2D eigenvalue weighted by Crippen LogP contribution is -2.52. The van der Waals surface area contributed by atoms with Crippen LogP contribution in [0.3, 0.4) is 0 Å². The Bertz CT molecular complexity index is 341. The van der Waals surface area contributed by atoms with Gasteiger partial charge in [0.05, 0.1) is 11.2 Å². The highest BCUT2D eigenvalue weighted by Gasteiger charge is 2.59. The van der Waals surface area contributed by atoms with Crippen molar-refractivity contribution in [1.82, 2.24) is 5.32 Å². The number of hydrogen-bond donors (Lipinski definition) is 1. The second-order valence-electron chi connectivity index (χ2n) is 6.15. The van der Waals surface area contributed by atoms with Crippen LogP contribution >= 0.6 is 0 Å². The van der Waals surface area contributed by atoms with Crippen molar-refractivity contribution in [1.29, 1.82) is 0 Å². The second-order valence-corrected chi connectivity index (χ2v) is 6.15. The second kappa shape index (κ2) is 3.06. The van der Waals surface area contributed by atoms with Crippen molar-refractivity contribution >= 4 is 11.8 Å². The van der Waals surface area contributed by atoms with E-state index in [0.717, 1.165) is 6.42 Å². The SMILES string of the molecule is CC1(C)CC2(CC(=O)NC(=O)C2)C(C)(C)O1. The molecule has 0 aromatic heterocycles. The third-order valence-electron chi connectivity index (χ3n) is 3.85. The van der Waals surface area contributed by atoms with Gasteiger partial charge >= 0.3 is 0 Å². The normalized spacial score (nSPS) is 30.5. The molecule has 0 unspecified atom stereocenters. The van der Waals surface area contributed by atoms with Crippen LogP contribution in [0.4, 0.5) is 0 Å². The van der Waals surface area contributed by atoms with Crippen LogP contribution in [0.1, 0.15) is 47.0 Å². The van der Waals surface area contributed by atoms with Crippen molar-refractivity contribution in [2.45, 2.75) is 58.2 Å². The van der Waals surface area contributed by atoms with E-state index in [9.17, 15) is 9.59 Å². The molecule has 4 heteroatoms. The molecule has 2 rings (SSSR count). The highest BCUT2D eigenvalue weighted by molar-refractivity contribution is 5.98. The number of nitrogens with one attached hydrogen (secondary N) is 1. The standard InChI is InChI=1S/C12H19NO3/c1-10(2)7-12(11(3,4)16-10)5-8(14)13-9(15)6-12/h5-7H2,1-4H3,(H,13,14,15). The van der Waals surface area contributed by atoms with E-state index in [1.165, 1.54) is 0 Å². The quantitative estimate of drug-likeness (QED) is 0.634. The number of rotatable bonds is 0. The van der Waals surface area contributed by atoms with Crippen LogP contribution in [0, 0.1) is 5.41 Å². The third kappa shape index (κ3) is 1.65. The fourth-order valence-corrected chi connectivity index (χ4v) is 3.33. The van der Waals surface area contributed by atoms with Crippen molar-refractivity contribution in [2.24, 2.45) is 5.41 Å². The number of ether oxygens (including phenoxy) is 1. The maximum Gasteiger partial charge on any atom is 0.227 e. The van der Waals surface area contributed by atoms with E-state index in [4.69, 9.17) is 4.74 Å². The lowest BCUT2D eigenvalue weighted by Gasteiger charge is -2.41. The van der Waals surface area contributed by atoms with Crippen LogP contribution in [-0.4, -0.2) is 23.0 Å².